The zero-order valence-electron chi connectivity index (χ0n) is 32.9. The number of benzene rings is 9. The Morgan fingerprint density at radius 1 is 0.383 bits per heavy atom. The van der Waals surface area contributed by atoms with Crippen LogP contribution in [0.5, 0.6) is 0 Å². The summed E-state index contributed by atoms with van der Waals surface area (Å²) in [7, 11) is 0. The fourth-order valence-electron chi connectivity index (χ4n) is 12.0. The number of allylic oxidation sites excluding steroid dienone is 4. The molecule has 0 unspecified atom stereocenters. The minimum absolute atomic E-state index is 0.352. The first-order chi connectivity index (χ1) is 29.8. The summed E-state index contributed by atoms with van der Waals surface area (Å²) in [5.74, 6) is 0. The van der Waals surface area contributed by atoms with Crippen molar-refractivity contribution >= 4 is 33.4 Å². The van der Waals surface area contributed by atoms with E-state index < -0.39 is 0 Å². The van der Waals surface area contributed by atoms with E-state index in [0.717, 1.165) is 24.2 Å². The average Bonchev–Trinajstić information content (AvgIpc) is 3.74. The number of anilines is 3. The maximum atomic E-state index is 2.55. The number of rotatable bonds is 3. The Hall–Kier alpha value is -7.48. The molecule has 1 spiro atoms. The maximum Gasteiger partial charge on any atom is 0.0689 e. The van der Waals surface area contributed by atoms with Crippen molar-refractivity contribution in [1.82, 2.24) is 0 Å². The molecule has 0 saturated heterocycles. The van der Waals surface area contributed by atoms with E-state index in [1.807, 2.05) is 0 Å². The number of hydrogen-bond acceptors (Lipinski definition) is 1. The third-order valence-electron chi connectivity index (χ3n) is 14.3. The second-order valence-corrected chi connectivity index (χ2v) is 17.0. The zero-order valence-corrected chi connectivity index (χ0v) is 32.9. The van der Waals surface area contributed by atoms with E-state index in [4.69, 9.17) is 0 Å². The van der Waals surface area contributed by atoms with Crippen molar-refractivity contribution in [2.24, 2.45) is 0 Å². The summed E-state index contributed by atoms with van der Waals surface area (Å²) in [6.07, 6.45) is 6.89. The number of hydrogen-bond donors (Lipinski definition) is 0. The first-order valence-corrected chi connectivity index (χ1v) is 21.3. The van der Waals surface area contributed by atoms with Crippen LogP contribution in [0, 0.1) is 0 Å². The molecule has 60 heavy (non-hydrogen) atoms. The van der Waals surface area contributed by atoms with Gasteiger partial charge in [-0.05, 0) is 149 Å². The molecule has 0 aliphatic heterocycles. The summed E-state index contributed by atoms with van der Waals surface area (Å²) in [6, 6.07) is 71.4. The highest BCUT2D eigenvalue weighted by molar-refractivity contribution is 6.15. The van der Waals surface area contributed by atoms with Gasteiger partial charge in [0.05, 0.1) is 11.1 Å². The summed E-state index contributed by atoms with van der Waals surface area (Å²) >= 11 is 0. The Kier molecular flexibility index (Phi) is 6.39. The third kappa shape index (κ3) is 4.02. The van der Waals surface area contributed by atoms with E-state index in [2.05, 4.69) is 205 Å². The van der Waals surface area contributed by atoms with Crippen molar-refractivity contribution in [2.75, 3.05) is 4.90 Å². The monoisotopic (exact) mass is 759 g/mol. The largest absolute Gasteiger partial charge is 0.310 e. The quantitative estimate of drug-likeness (QED) is 0.173. The molecule has 0 fully saturated rings. The molecular weight excluding hydrogens is 723 g/mol. The molecule has 1 heteroatoms. The van der Waals surface area contributed by atoms with Crippen LogP contribution in [0.4, 0.5) is 17.1 Å². The lowest BCUT2D eigenvalue weighted by atomic mass is 9.68. The van der Waals surface area contributed by atoms with Crippen LogP contribution in [0.25, 0.3) is 83.1 Å². The lowest BCUT2D eigenvalue weighted by Crippen LogP contribution is -2.28. The van der Waals surface area contributed by atoms with Crippen molar-refractivity contribution in [3.63, 3.8) is 0 Å². The first-order valence-electron chi connectivity index (χ1n) is 21.3. The zero-order chi connectivity index (χ0) is 39.1. The molecule has 0 amide bonds. The molecule has 5 aliphatic carbocycles. The third-order valence-corrected chi connectivity index (χ3v) is 14.3. The van der Waals surface area contributed by atoms with Crippen molar-refractivity contribution < 1.29 is 0 Å². The molecule has 0 saturated carbocycles. The molecule has 0 aromatic heterocycles. The van der Waals surface area contributed by atoms with Gasteiger partial charge < -0.3 is 4.90 Å². The van der Waals surface area contributed by atoms with E-state index in [-0.39, 0.29) is 5.41 Å². The topological polar surface area (TPSA) is 3.24 Å². The van der Waals surface area contributed by atoms with E-state index in [9.17, 15) is 0 Å². The smallest absolute Gasteiger partial charge is 0.0689 e. The van der Waals surface area contributed by atoms with E-state index in [1.54, 1.807) is 0 Å². The number of nitrogens with zero attached hydrogens (tertiary/aromatic N) is 1. The standard InChI is InChI=1S/C59H37N/c1-2-16-39-36(14-1)15-11-29-56(39)60(37-30-32-41-48-23-13-24-49-50-25-12-22-47(58(50)51(41)34-37)40-17-3-4-21-46(40)57(48)49)38-31-33-45-44-20-7-10-28-54(44)59(55(45)35-38)52-26-8-5-18-42(52)43-19-6-9-27-53(43)59/h1-9,11-27,29-35H,10,28H2. The molecule has 278 valence electrons. The molecule has 14 rings (SSSR count). The Morgan fingerprint density at radius 2 is 0.917 bits per heavy atom. The molecule has 5 aliphatic rings. The lowest BCUT2D eigenvalue weighted by molar-refractivity contribution is 0.714. The summed E-state index contributed by atoms with van der Waals surface area (Å²) in [5, 5.41) is 2.46. The first kappa shape index (κ1) is 32.5. The van der Waals surface area contributed by atoms with Crippen LogP contribution in [-0.4, -0.2) is 0 Å². The van der Waals surface area contributed by atoms with Crippen LogP contribution in [0.1, 0.15) is 35.1 Å². The fourth-order valence-corrected chi connectivity index (χ4v) is 12.0. The summed E-state index contributed by atoms with van der Waals surface area (Å²) in [6.45, 7) is 0. The van der Waals surface area contributed by atoms with Crippen molar-refractivity contribution in [1.29, 1.82) is 0 Å². The highest BCUT2D eigenvalue weighted by Gasteiger charge is 2.52. The molecular formula is C59H37N. The van der Waals surface area contributed by atoms with Gasteiger partial charge in [0.1, 0.15) is 0 Å². The van der Waals surface area contributed by atoms with Gasteiger partial charge in [-0.25, -0.2) is 0 Å². The van der Waals surface area contributed by atoms with Gasteiger partial charge >= 0.3 is 0 Å². The van der Waals surface area contributed by atoms with Crippen LogP contribution < -0.4 is 4.90 Å². The van der Waals surface area contributed by atoms with Gasteiger partial charge in [0.2, 0.25) is 0 Å². The highest BCUT2D eigenvalue weighted by atomic mass is 15.1. The minimum atomic E-state index is -0.352. The molecule has 0 heterocycles. The molecule has 9 aromatic carbocycles. The van der Waals surface area contributed by atoms with Gasteiger partial charge in [-0.15, -0.1) is 0 Å². The summed E-state index contributed by atoms with van der Waals surface area (Å²) < 4.78 is 0. The van der Waals surface area contributed by atoms with Gasteiger partial charge in [-0.2, -0.15) is 0 Å². The van der Waals surface area contributed by atoms with Gasteiger partial charge in [-0.1, -0.05) is 170 Å². The van der Waals surface area contributed by atoms with Crippen molar-refractivity contribution in [3.8, 4) is 66.8 Å². The summed E-state index contributed by atoms with van der Waals surface area (Å²) in [4.78, 5) is 2.54. The molecule has 0 atom stereocenters. The Morgan fingerprint density at radius 3 is 1.67 bits per heavy atom. The molecule has 0 N–H and O–H groups in total. The van der Waals surface area contributed by atoms with Crippen LogP contribution >= 0.6 is 0 Å². The Balaban J connectivity index is 1.06. The second kappa shape index (κ2) is 11.8. The highest BCUT2D eigenvalue weighted by Crippen LogP contribution is 2.64. The number of fused-ring (bicyclic) bond motifs is 14. The van der Waals surface area contributed by atoms with Crippen molar-refractivity contribution in [2.45, 2.75) is 18.3 Å². The SMILES string of the molecule is C1=CC2=C(CC1)C1(c3cc(N(c4ccc5c(c4)-c4c6cccc4-c4cccc-5c4-c4ccccc4-6)c4cccc5ccccc45)ccc32)c2ccccc2-c2ccccc21. The van der Waals surface area contributed by atoms with Crippen molar-refractivity contribution in [3.05, 3.63) is 228 Å². The fraction of sp³-hybridized carbons (Fsp3) is 0.0508. The van der Waals surface area contributed by atoms with E-state index in [0.29, 0.717) is 0 Å². The van der Waals surface area contributed by atoms with Gasteiger partial charge in [-0.3, -0.25) is 0 Å². The second-order valence-electron chi connectivity index (χ2n) is 17.0. The van der Waals surface area contributed by atoms with E-state index in [1.165, 1.54) is 117 Å². The average molecular weight is 760 g/mol. The van der Waals surface area contributed by atoms with Crippen LogP contribution in [0.2, 0.25) is 0 Å². The normalized spacial score (nSPS) is 14.9. The van der Waals surface area contributed by atoms with Gasteiger partial charge in [0.25, 0.3) is 0 Å². The summed E-state index contributed by atoms with van der Waals surface area (Å²) in [5.41, 5.74) is 27.3. The molecule has 1 nitrogen and oxygen atoms in total. The minimum Gasteiger partial charge on any atom is -0.310 e. The Labute approximate surface area is 349 Å². The van der Waals surface area contributed by atoms with Crippen LogP contribution in [0.3, 0.4) is 0 Å². The predicted molar refractivity (Wildman–Crippen MR) is 250 cm³/mol. The molecule has 9 aromatic rings. The molecule has 6 bridgehead atoms. The van der Waals surface area contributed by atoms with Crippen LogP contribution in [-0.2, 0) is 5.41 Å². The van der Waals surface area contributed by atoms with Gasteiger partial charge in [0.15, 0.2) is 0 Å². The van der Waals surface area contributed by atoms with Gasteiger partial charge in [0, 0.05) is 16.8 Å². The van der Waals surface area contributed by atoms with Crippen LogP contribution in [0.15, 0.2) is 206 Å². The van der Waals surface area contributed by atoms with E-state index >= 15 is 0 Å². The molecule has 0 radical (unpaired) electrons. The predicted octanol–water partition coefficient (Wildman–Crippen LogP) is 15.7. The maximum absolute atomic E-state index is 2.55. The lowest BCUT2D eigenvalue weighted by Gasteiger charge is -2.34. The Bertz CT molecular complexity index is 3370.